The molecule has 224 valence electrons. The van der Waals surface area contributed by atoms with Crippen LogP contribution in [0.15, 0.2) is 103 Å². The summed E-state index contributed by atoms with van der Waals surface area (Å²) >= 11 is 0. The first-order chi connectivity index (χ1) is 21.0. The van der Waals surface area contributed by atoms with Crippen LogP contribution in [-0.4, -0.2) is 43.0 Å². The molecule has 9 heteroatoms. The van der Waals surface area contributed by atoms with Crippen molar-refractivity contribution in [1.29, 1.82) is 0 Å². The highest BCUT2D eigenvalue weighted by Crippen LogP contribution is 2.30. The predicted molar refractivity (Wildman–Crippen MR) is 169 cm³/mol. The van der Waals surface area contributed by atoms with Crippen molar-refractivity contribution in [3.05, 3.63) is 109 Å². The van der Waals surface area contributed by atoms with Crippen molar-refractivity contribution in [3.8, 4) is 5.75 Å². The number of ether oxygens (including phenoxy) is 3. The molecule has 4 aromatic rings. The van der Waals surface area contributed by atoms with Crippen molar-refractivity contribution >= 4 is 39.8 Å². The number of nitrogen functional groups attached to an aromatic ring is 1. The zero-order valence-corrected chi connectivity index (χ0v) is 24.1. The standard InChI is InChI=1S/C34H37N3O6/c1-2-41-31(16-7-8-17-32(39)36-30-14-6-5-13-28(30)35)33(25-18-20-26(21-19-25)42-23-22-38)43-34(40)37-29-15-9-11-24-10-3-4-12-27(24)29/h3-6,8-15,17-21,31,33,38H,2,7,16,22-23,35H2,1H3,(H,36,39)(H,37,40)/b17-8+/t31-,33-/m0/s1. The molecule has 0 radical (unpaired) electrons. The van der Waals surface area contributed by atoms with Crippen LogP contribution in [-0.2, 0) is 14.3 Å². The number of anilines is 3. The number of hydrogen-bond acceptors (Lipinski definition) is 7. The van der Waals surface area contributed by atoms with Crippen LogP contribution in [0.4, 0.5) is 21.9 Å². The summed E-state index contributed by atoms with van der Waals surface area (Å²) in [5, 5.41) is 16.6. The second-order valence-electron chi connectivity index (χ2n) is 9.67. The maximum absolute atomic E-state index is 13.3. The van der Waals surface area contributed by atoms with Crippen molar-refractivity contribution < 1.29 is 28.9 Å². The summed E-state index contributed by atoms with van der Waals surface area (Å²) < 4.78 is 17.6. The molecule has 0 saturated carbocycles. The summed E-state index contributed by atoms with van der Waals surface area (Å²) in [4.78, 5) is 25.7. The Morgan fingerprint density at radius 1 is 0.907 bits per heavy atom. The Bertz CT molecular complexity index is 1520. The first-order valence-electron chi connectivity index (χ1n) is 14.2. The van der Waals surface area contributed by atoms with Gasteiger partial charge in [0.1, 0.15) is 12.4 Å². The van der Waals surface area contributed by atoms with Crippen LogP contribution in [0.25, 0.3) is 10.8 Å². The molecule has 2 amide bonds. The number of carbonyl (C=O) groups excluding carboxylic acids is 2. The molecule has 0 spiro atoms. The molecule has 0 heterocycles. The van der Waals surface area contributed by atoms with Gasteiger partial charge in [-0.25, -0.2) is 4.79 Å². The second-order valence-corrected chi connectivity index (χ2v) is 9.67. The van der Waals surface area contributed by atoms with Gasteiger partial charge in [0.2, 0.25) is 5.91 Å². The number of benzene rings is 4. The van der Waals surface area contributed by atoms with Crippen LogP contribution < -0.4 is 21.1 Å². The molecule has 0 aliphatic carbocycles. The predicted octanol–water partition coefficient (Wildman–Crippen LogP) is 6.46. The van der Waals surface area contributed by atoms with E-state index in [4.69, 9.17) is 25.1 Å². The fraction of sp³-hybridized carbons (Fsp3) is 0.235. The lowest BCUT2D eigenvalue weighted by Crippen LogP contribution is -2.29. The summed E-state index contributed by atoms with van der Waals surface area (Å²) in [6.07, 6.45) is 2.27. The number of rotatable bonds is 14. The Morgan fingerprint density at radius 2 is 1.63 bits per heavy atom. The molecule has 5 N–H and O–H groups in total. The third-order valence-electron chi connectivity index (χ3n) is 6.65. The third-order valence-corrected chi connectivity index (χ3v) is 6.65. The van der Waals surface area contributed by atoms with Gasteiger partial charge < -0.3 is 30.4 Å². The van der Waals surface area contributed by atoms with E-state index in [1.807, 2.05) is 61.5 Å². The van der Waals surface area contributed by atoms with Crippen molar-refractivity contribution in [2.24, 2.45) is 0 Å². The van der Waals surface area contributed by atoms with E-state index < -0.39 is 18.3 Å². The first-order valence-corrected chi connectivity index (χ1v) is 14.2. The van der Waals surface area contributed by atoms with Gasteiger partial charge in [-0.15, -0.1) is 0 Å². The Labute approximate surface area is 251 Å². The van der Waals surface area contributed by atoms with E-state index in [-0.39, 0.29) is 19.1 Å². The molecule has 0 saturated heterocycles. The van der Waals surface area contributed by atoms with Crippen LogP contribution >= 0.6 is 0 Å². The van der Waals surface area contributed by atoms with E-state index in [1.165, 1.54) is 6.08 Å². The molecule has 0 aliphatic heterocycles. The van der Waals surface area contributed by atoms with E-state index in [2.05, 4.69) is 10.6 Å². The van der Waals surface area contributed by atoms with Gasteiger partial charge >= 0.3 is 6.09 Å². The molecular weight excluding hydrogens is 546 g/mol. The average molecular weight is 584 g/mol. The molecule has 43 heavy (non-hydrogen) atoms. The highest BCUT2D eigenvalue weighted by atomic mass is 16.6. The van der Waals surface area contributed by atoms with E-state index in [0.717, 1.165) is 10.8 Å². The molecule has 0 aliphatic rings. The molecular formula is C34H37N3O6. The number of para-hydroxylation sites is 2. The lowest BCUT2D eigenvalue weighted by Gasteiger charge is -2.27. The molecule has 0 fully saturated rings. The van der Waals surface area contributed by atoms with Crippen LogP contribution in [0.5, 0.6) is 5.75 Å². The minimum absolute atomic E-state index is 0.0987. The lowest BCUT2D eigenvalue weighted by atomic mass is 10.00. The Kier molecular flexibility index (Phi) is 11.5. The van der Waals surface area contributed by atoms with Crippen LogP contribution in [0.2, 0.25) is 0 Å². The van der Waals surface area contributed by atoms with Crippen molar-refractivity contribution in [1.82, 2.24) is 0 Å². The van der Waals surface area contributed by atoms with Gasteiger partial charge in [0, 0.05) is 12.0 Å². The second kappa shape index (κ2) is 16.0. The van der Waals surface area contributed by atoms with Crippen LogP contribution in [0, 0.1) is 0 Å². The fourth-order valence-electron chi connectivity index (χ4n) is 4.64. The zero-order chi connectivity index (χ0) is 30.4. The Balaban J connectivity index is 1.49. The number of aliphatic hydroxyl groups excluding tert-OH is 1. The minimum atomic E-state index is -0.756. The number of nitrogens with one attached hydrogen (secondary N) is 2. The van der Waals surface area contributed by atoms with Crippen LogP contribution in [0.1, 0.15) is 31.4 Å². The molecule has 2 atom stereocenters. The smallest absolute Gasteiger partial charge is 0.412 e. The number of carbonyl (C=O) groups is 2. The van der Waals surface area contributed by atoms with Gasteiger partial charge in [-0.1, -0.05) is 66.7 Å². The van der Waals surface area contributed by atoms with E-state index in [9.17, 15) is 9.59 Å². The quantitative estimate of drug-likeness (QED) is 0.0989. The average Bonchev–Trinajstić information content (AvgIpc) is 3.02. The Morgan fingerprint density at radius 3 is 2.40 bits per heavy atom. The monoisotopic (exact) mass is 583 g/mol. The highest BCUT2D eigenvalue weighted by Gasteiger charge is 2.28. The molecule has 0 aromatic heterocycles. The topological polar surface area (TPSA) is 132 Å². The molecule has 0 bridgehead atoms. The molecule has 4 aromatic carbocycles. The van der Waals surface area contributed by atoms with E-state index in [1.54, 1.807) is 42.5 Å². The summed E-state index contributed by atoms with van der Waals surface area (Å²) in [6, 6.07) is 27.6. The summed E-state index contributed by atoms with van der Waals surface area (Å²) in [7, 11) is 0. The zero-order valence-electron chi connectivity index (χ0n) is 24.1. The van der Waals surface area contributed by atoms with Crippen molar-refractivity contribution in [2.75, 3.05) is 36.2 Å². The van der Waals surface area contributed by atoms with Crippen molar-refractivity contribution in [2.45, 2.75) is 32.0 Å². The van der Waals surface area contributed by atoms with Crippen molar-refractivity contribution in [3.63, 3.8) is 0 Å². The van der Waals surface area contributed by atoms with E-state index in [0.29, 0.717) is 47.8 Å². The maximum atomic E-state index is 13.3. The number of aliphatic hydroxyl groups is 1. The molecule has 0 unspecified atom stereocenters. The number of hydrogen-bond donors (Lipinski definition) is 4. The fourth-order valence-corrected chi connectivity index (χ4v) is 4.64. The molecule has 4 rings (SSSR count). The highest BCUT2D eigenvalue weighted by molar-refractivity contribution is 6.01. The van der Waals surface area contributed by atoms with E-state index >= 15 is 0 Å². The van der Waals surface area contributed by atoms with Gasteiger partial charge in [-0.2, -0.15) is 0 Å². The number of amides is 2. The minimum Gasteiger partial charge on any atom is -0.491 e. The Hall–Kier alpha value is -4.86. The first kappa shape index (κ1) is 31.1. The van der Waals surface area contributed by atoms with Gasteiger partial charge in [0.25, 0.3) is 0 Å². The SMILES string of the molecule is CCO[C@@H](CC/C=C/C(=O)Nc1ccccc1N)[C@@H](OC(=O)Nc1cccc2ccccc12)c1ccc(OCCO)cc1. The van der Waals surface area contributed by atoms with Gasteiger partial charge in [0.05, 0.1) is 29.8 Å². The molecule has 9 nitrogen and oxygen atoms in total. The van der Waals surface area contributed by atoms with Gasteiger partial charge in [-0.05, 0) is 67.1 Å². The largest absolute Gasteiger partial charge is 0.491 e. The summed E-state index contributed by atoms with van der Waals surface area (Å²) in [5.41, 5.74) is 8.28. The summed E-state index contributed by atoms with van der Waals surface area (Å²) in [5.74, 6) is 0.282. The lowest BCUT2D eigenvalue weighted by molar-refractivity contribution is -0.111. The number of allylic oxidation sites excluding steroid dienone is 1. The van der Waals surface area contributed by atoms with Gasteiger partial charge in [-0.3, -0.25) is 10.1 Å². The maximum Gasteiger partial charge on any atom is 0.412 e. The summed E-state index contributed by atoms with van der Waals surface area (Å²) in [6.45, 7) is 2.34. The third kappa shape index (κ3) is 9.06. The van der Waals surface area contributed by atoms with Gasteiger partial charge in [0.15, 0.2) is 6.10 Å². The number of fused-ring (bicyclic) bond motifs is 1. The normalized spacial score (nSPS) is 12.5. The van der Waals surface area contributed by atoms with Crippen LogP contribution in [0.3, 0.4) is 0 Å². The number of nitrogens with two attached hydrogens (primary N) is 1.